The van der Waals surface area contributed by atoms with Crippen molar-refractivity contribution in [3.05, 3.63) is 35.4 Å². The fourth-order valence-electron chi connectivity index (χ4n) is 1.95. The van der Waals surface area contributed by atoms with Crippen molar-refractivity contribution in [3.8, 4) is 0 Å². The fourth-order valence-corrected chi connectivity index (χ4v) is 2.43. The Morgan fingerprint density at radius 3 is 2.29 bits per heavy atom. The van der Waals surface area contributed by atoms with Gasteiger partial charge in [0.05, 0.1) is 17.8 Å². The molecule has 0 amide bonds. The summed E-state index contributed by atoms with van der Waals surface area (Å²) in [4.78, 5) is 0. The lowest BCUT2D eigenvalue weighted by Crippen LogP contribution is -2.08. The Morgan fingerprint density at radius 1 is 1.18 bits per heavy atom. The quantitative estimate of drug-likeness (QED) is 0.739. The minimum absolute atomic E-state index is 0.0696. The van der Waals surface area contributed by atoms with Crippen molar-refractivity contribution < 1.29 is 17.9 Å². The maximum Gasteiger partial charge on any atom is 0.416 e. The molecule has 0 unspecified atom stereocenters. The highest BCUT2D eigenvalue weighted by molar-refractivity contribution is 9.09. The van der Waals surface area contributed by atoms with Gasteiger partial charge in [0.25, 0.3) is 0 Å². The monoisotopic (exact) mass is 308 g/mol. The molecule has 1 nitrogen and oxygen atoms in total. The number of alkyl halides is 4. The van der Waals surface area contributed by atoms with E-state index in [2.05, 4.69) is 15.9 Å². The number of halogens is 4. The second-order valence-corrected chi connectivity index (χ2v) is 4.75. The Labute approximate surface area is 106 Å². The molecule has 1 aromatic carbocycles. The average molecular weight is 309 g/mol. The van der Waals surface area contributed by atoms with Crippen molar-refractivity contribution >= 4 is 15.9 Å². The van der Waals surface area contributed by atoms with E-state index in [4.69, 9.17) is 4.74 Å². The summed E-state index contributed by atoms with van der Waals surface area (Å²) in [7, 11) is 0. The predicted molar refractivity (Wildman–Crippen MR) is 62.1 cm³/mol. The molecule has 5 heteroatoms. The summed E-state index contributed by atoms with van der Waals surface area (Å²) in [6.07, 6.45) is -2.37. The van der Waals surface area contributed by atoms with Gasteiger partial charge < -0.3 is 4.74 Å². The van der Waals surface area contributed by atoms with Crippen LogP contribution in [-0.4, -0.2) is 11.4 Å². The normalized spacial score (nSPS) is 25.2. The van der Waals surface area contributed by atoms with Crippen LogP contribution in [0.1, 0.15) is 30.1 Å². The maximum atomic E-state index is 12.4. The van der Waals surface area contributed by atoms with Gasteiger partial charge in [0, 0.05) is 5.33 Å². The summed E-state index contributed by atoms with van der Waals surface area (Å²) in [6, 6.07) is 5.23. The Hall–Kier alpha value is -0.550. The largest absolute Gasteiger partial charge is 0.416 e. The van der Waals surface area contributed by atoms with Gasteiger partial charge in [-0.1, -0.05) is 28.1 Å². The molecule has 1 heterocycles. The minimum Gasteiger partial charge on any atom is -0.369 e. The van der Waals surface area contributed by atoms with Crippen LogP contribution in [0.2, 0.25) is 0 Å². The molecule has 0 saturated carbocycles. The summed E-state index contributed by atoms with van der Waals surface area (Å²) in [6.45, 7) is 0. The van der Waals surface area contributed by atoms with Gasteiger partial charge in [0.1, 0.15) is 0 Å². The van der Waals surface area contributed by atoms with E-state index in [1.165, 1.54) is 12.1 Å². The van der Waals surface area contributed by atoms with E-state index in [9.17, 15) is 13.2 Å². The van der Waals surface area contributed by atoms with Gasteiger partial charge in [-0.05, 0) is 30.5 Å². The molecule has 0 N–H and O–H groups in total. The van der Waals surface area contributed by atoms with Crippen molar-refractivity contribution in [2.24, 2.45) is 0 Å². The lowest BCUT2D eigenvalue weighted by Gasteiger charge is -2.13. The lowest BCUT2D eigenvalue weighted by molar-refractivity contribution is -0.137. The Kier molecular flexibility index (Phi) is 3.78. The molecular formula is C12H12BrF3O. The Bertz CT molecular complexity index is 374. The highest BCUT2D eigenvalue weighted by Gasteiger charge is 2.31. The van der Waals surface area contributed by atoms with Gasteiger partial charge in [0.15, 0.2) is 0 Å². The van der Waals surface area contributed by atoms with Crippen LogP contribution in [0.4, 0.5) is 13.2 Å². The van der Waals surface area contributed by atoms with Crippen LogP contribution in [0.25, 0.3) is 0 Å². The first-order valence-corrected chi connectivity index (χ1v) is 6.51. The van der Waals surface area contributed by atoms with E-state index >= 15 is 0 Å². The predicted octanol–water partition coefficient (Wildman–Crippen LogP) is 4.32. The first-order valence-electron chi connectivity index (χ1n) is 5.39. The van der Waals surface area contributed by atoms with Crippen molar-refractivity contribution in [3.63, 3.8) is 0 Å². The van der Waals surface area contributed by atoms with E-state index in [-0.39, 0.29) is 12.2 Å². The third kappa shape index (κ3) is 3.01. The van der Waals surface area contributed by atoms with Gasteiger partial charge >= 0.3 is 6.18 Å². The Morgan fingerprint density at radius 2 is 1.82 bits per heavy atom. The highest BCUT2D eigenvalue weighted by atomic mass is 79.9. The molecule has 1 saturated heterocycles. The zero-order chi connectivity index (χ0) is 12.5. The number of rotatable bonds is 2. The summed E-state index contributed by atoms with van der Waals surface area (Å²) in [5.41, 5.74) is 0.206. The second kappa shape index (κ2) is 4.98. The zero-order valence-electron chi connectivity index (χ0n) is 9.01. The zero-order valence-corrected chi connectivity index (χ0v) is 10.6. The van der Waals surface area contributed by atoms with Gasteiger partial charge in [-0.15, -0.1) is 0 Å². The van der Waals surface area contributed by atoms with Crippen LogP contribution in [0.3, 0.4) is 0 Å². The first kappa shape index (κ1) is 12.9. The van der Waals surface area contributed by atoms with Crippen molar-refractivity contribution in [1.29, 1.82) is 0 Å². The third-order valence-corrected chi connectivity index (χ3v) is 3.61. The molecule has 0 radical (unpaired) electrons. The van der Waals surface area contributed by atoms with Crippen LogP contribution in [0, 0.1) is 0 Å². The SMILES string of the molecule is FC(F)(F)c1ccc([C@H]2CC[C@H](CBr)O2)cc1. The molecular weight excluding hydrogens is 297 g/mol. The molecule has 2 rings (SSSR count). The lowest BCUT2D eigenvalue weighted by atomic mass is 10.0. The highest BCUT2D eigenvalue weighted by Crippen LogP contribution is 2.35. The number of hydrogen-bond acceptors (Lipinski definition) is 1. The molecule has 0 aromatic heterocycles. The molecule has 1 aliphatic rings. The molecule has 2 atom stereocenters. The number of hydrogen-bond donors (Lipinski definition) is 0. The van der Waals surface area contributed by atoms with E-state index in [0.717, 1.165) is 35.9 Å². The molecule has 1 fully saturated rings. The van der Waals surface area contributed by atoms with Crippen LogP contribution in [-0.2, 0) is 10.9 Å². The van der Waals surface area contributed by atoms with Crippen LogP contribution in [0.15, 0.2) is 24.3 Å². The fraction of sp³-hybridized carbons (Fsp3) is 0.500. The topological polar surface area (TPSA) is 9.23 Å². The summed E-state index contributed by atoms with van der Waals surface area (Å²) >= 11 is 3.34. The van der Waals surface area contributed by atoms with Gasteiger partial charge in [-0.3, -0.25) is 0 Å². The number of ether oxygens (including phenoxy) is 1. The van der Waals surface area contributed by atoms with Gasteiger partial charge in [-0.2, -0.15) is 13.2 Å². The van der Waals surface area contributed by atoms with E-state index < -0.39 is 11.7 Å². The Balaban J connectivity index is 2.09. The van der Waals surface area contributed by atoms with Gasteiger partial charge in [0.2, 0.25) is 0 Å². The first-order chi connectivity index (χ1) is 8.00. The summed E-state index contributed by atoms with van der Waals surface area (Å²) in [5.74, 6) is 0. The minimum atomic E-state index is -4.27. The molecule has 0 spiro atoms. The second-order valence-electron chi connectivity index (χ2n) is 4.10. The molecule has 1 aromatic rings. The van der Waals surface area contributed by atoms with E-state index in [0.29, 0.717) is 0 Å². The van der Waals surface area contributed by atoms with Crippen LogP contribution < -0.4 is 0 Å². The molecule has 0 bridgehead atoms. The van der Waals surface area contributed by atoms with Crippen LogP contribution >= 0.6 is 15.9 Å². The summed E-state index contributed by atoms with van der Waals surface area (Å²) in [5, 5.41) is 0.768. The molecule has 1 aliphatic heterocycles. The maximum absolute atomic E-state index is 12.4. The van der Waals surface area contributed by atoms with Gasteiger partial charge in [-0.25, -0.2) is 0 Å². The molecule has 0 aliphatic carbocycles. The van der Waals surface area contributed by atoms with Crippen molar-refractivity contribution in [2.75, 3.05) is 5.33 Å². The number of benzene rings is 1. The van der Waals surface area contributed by atoms with Crippen LogP contribution in [0.5, 0.6) is 0 Å². The van der Waals surface area contributed by atoms with Crippen molar-refractivity contribution in [2.45, 2.75) is 31.2 Å². The third-order valence-electron chi connectivity index (χ3n) is 2.89. The smallest absolute Gasteiger partial charge is 0.369 e. The average Bonchev–Trinajstić information content (AvgIpc) is 2.76. The standard InChI is InChI=1S/C12H12BrF3O/c13-7-10-5-6-11(17-10)8-1-3-9(4-2-8)12(14,15)16/h1-4,10-11H,5-7H2/t10-,11-/m1/s1. The van der Waals surface area contributed by atoms with E-state index in [1.54, 1.807) is 0 Å². The summed E-state index contributed by atoms with van der Waals surface area (Å²) < 4.78 is 42.8. The van der Waals surface area contributed by atoms with Crippen molar-refractivity contribution in [1.82, 2.24) is 0 Å². The molecule has 17 heavy (non-hydrogen) atoms. The van der Waals surface area contributed by atoms with E-state index in [1.807, 2.05) is 0 Å². The molecule has 94 valence electrons.